The Morgan fingerprint density at radius 1 is 1.25 bits per heavy atom. The van der Waals surface area contributed by atoms with Gasteiger partial charge in [-0.3, -0.25) is 0 Å². The van der Waals surface area contributed by atoms with Crippen molar-refractivity contribution in [2.45, 2.75) is 38.2 Å². The Hall–Kier alpha value is -1.16. The molecular weight excluding hydrogens is 202 g/mol. The maximum absolute atomic E-state index is 5.58. The Bertz CT molecular complexity index is 320. The minimum atomic E-state index is 0.0286. The van der Waals surface area contributed by atoms with Crippen LogP contribution in [0.4, 0.5) is 5.69 Å². The Kier molecular flexibility index (Phi) is 3.72. The number of hydrogen-bond donors (Lipinski definition) is 1. The highest BCUT2D eigenvalue weighted by Gasteiger charge is 2.26. The summed E-state index contributed by atoms with van der Waals surface area (Å²) in [5.41, 5.74) is 6.18. The van der Waals surface area contributed by atoms with Gasteiger partial charge in [0.15, 0.2) is 5.82 Å². The first-order valence-electron chi connectivity index (χ1n) is 5.91. The second kappa shape index (κ2) is 5.25. The van der Waals surface area contributed by atoms with Crippen molar-refractivity contribution in [2.75, 3.05) is 12.8 Å². The number of aromatic nitrogens is 2. The number of rotatable bonds is 3. The van der Waals surface area contributed by atoms with Gasteiger partial charge in [0.05, 0.1) is 18.1 Å². The van der Waals surface area contributed by atoms with Crippen molar-refractivity contribution in [1.82, 2.24) is 9.97 Å². The van der Waals surface area contributed by atoms with Crippen LogP contribution in [0, 0.1) is 5.92 Å². The predicted octanol–water partition coefficient (Wildman–Crippen LogP) is 2.33. The molecule has 4 nitrogen and oxygen atoms in total. The number of nitrogens with zero attached hydrogens (tertiary/aromatic N) is 2. The largest absolute Gasteiger partial charge is 0.396 e. The van der Waals surface area contributed by atoms with Crippen LogP contribution in [0.1, 0.15) is 44.0 Å². The van der Waals surface area contributed by atoms with E-state index in [1.165, 1.54) is 32.1 Å². The Labute approximate surface area is 96.2 Å². The van der Waals surface area contributed by atoms with E-state index in [4.69, 9.17) is 10.5 Å². The van der Waals surface area contributed by atoms with E-state index in [1.807, 2.05) is 0 Å². The zero-order valence-electron chi connectivity index (χ0n) is 9.72. The molecule has 4 heteroatoms. The third-order valence-electron chi connectivity index (χ3n) is 3.28. The molecule has 0 bridgehead atoms. The number of ether oxygens (including phenoxy) is 1. The number of hydrogen-bond acceptors (Lipinski definition) is 4. The first-order chi connectivity index (χ1) is 7.81. The molecule has 1 atom stereocenters. The van der Waals surface area contributed by atoms with Gasteiger partial charge in [-0.1, -0.05) is 19.3 Å². The molecule has 1 aromatic heterocycles. The van der Waals surface area contributed by atoms with Gasteiger partial charge in [-0.15, -0.1) is 0 Å². The van der Waals surface area contributed by atoms with E-state index in [-0.39, 0.29) is 6.10 Å². The Morgan fingerprint density at radius 3 is 2.44 bits per heavy atom. The van der Waals surface area contributed by atoms with Crippen LogP contribution in [-0.2, 0) is 4.74 Å². The molecule has 1 unspecified atom stereocenters. The van der Waals surface area contributed by atoms with Crippen molar-refractivity contribution in [3.8, 4) is 0 Å². The molecule has 2 N–H and O–H groups in total. The molecule has 0 aromatic carbocycles. The zero-order valence-corrected chi connectivity index (χ0v) is 9.72. The van der Waals surface area contributed by atoms with Crippen LogP contribution < -0.4 is 5.73 Å². The first-order valence-corrected chi connectivity index (χ1v) is 5.91. The third kappa shape index (κ3) is 2.50. The van der Waals surface area contributed by atoms with E-state index in [9.17, 15) is 0 Å². The second-order valence-corrected chi connectivity index (χ2v) is 4.43. The first kappa shape index (κ1) is 11.3. The minimum Gasteiger partial charge on any atom is -0.396 e. The normalized spacial score (nSPS) is 19.6. The fourth-order valence-corrected chi connectivity index (χ4v) is 2.44. The number of nitrogens with two attached hydrogens (primary N) is 1. The second-order valence-electron chi connectivity index (χ2n) is 4.43. The molecule has 0 radical (unpaired) electrons. The van der Waals surface area contributed by atoms with E-state index >= 15 is 0 Å². The maximum atomic E-state index is 5.58. The summed E-state index contributed by atoms with van der Waals surface area (Å²) in [5.74, 6) is 1.32. The molecular formula is C12H19N3O. The summed E-state index contributed by atoms with van der Waals surface area (Å²) in [6.45, 7) is 0. The summed E-state index contributed by atoms with van der Waals surface area (Å²) in [5, 5.41) is 0. The van der Waals surface area contributed by atoms with Crippen molar-refractivity contribution < 1.29 is 4.74 Å². The fourth-order valence-electron chi connectivity index (χ4n) is 2.44. The van der Waals surface area contributed by atoms with Crippen LogP contribution >= 0.6 is 0 Å². The zero-order chi connectivity index (χ0) is 11.4. The minimum absolute atomic E-state index is 0.0286. The van der Waals surface area contributed by atoms with Gasteiger partial charge >= 0.3 is 0 Å². The van der Waals surface area contributed by atoms with Gasteiger partial charge in [-0.05, 0) is 18.8 Å². The lowest BCUT2D eigenvalue weighted by Crippen LogP contribution is -2.20. The quantitative estimate of drug-likeness (QED) is 0.851. The monoisotopic (exact) mass is 221 g/mol. The number of nitrogen functional groups attached to an aromatic ring is 1. The topological polar surface area (TPSA) is 61.0 Å². The van der Waals surface area contributed by atoms with Gasteiger partial charge < -0.3 is 10.5 Å². The highest BCUT2D eigenvalue weighted by Crippen LogP contribution is 2.34. The lowest BCUT2D eigenvalue weighted by atomic mass is 9.85. The third-order valence-corrected chi connectivity index (χ3v) is 3.28. The van der Waals surface area contributed by atoms with Crippen LogP contribution in [0.3, 0.4) is 0 Å². The molecule has 16 heavy (non-hydrogen) atoms. The van der Waals surface area contributed by atoms with Crippen molar-refractivity contribution in [3.63, 3.8) is 0 Å². The molecule has 88 valence electrons. The molecule has 1 aliphatic rings. The Balaban J connectivity index is 2.11. The van der Waals surface area contributed by atoms with Crippen molar-refractivity contribution in [1.29, 1.82) is 0 Å². The summed E-state index contributed by atoms with van der Waals surface area (Å²) in [4.78, 5) is 8.53. The number of anilines is 1. The van der Waals surface area contributed by atoms with Crippen LogP contribution in [0.25, 0.3) is 0 Å². The summed E-state index contributed by atoms with van der Waals surface area (Å²) >= 11 is 0. The highest BCUT2D eigenvalue weighted by atomic mass is 16.5. The summed E-state index contributed by atoms with van der Waals surface area (Å²) in [6, 6.07) is 0. The van der Waals surface area contributed by atoms with Crippen LogP contribution in [0.2, 0.25) is 0 Å². The van der Waals surface area contributed by atoms with E-state index in [0.29, 0.717) is 11.6 Å². The average molecular weight is 221 g/mol. The molecule has 0 amide bonds. The molecule has 1 saturated carbocycles. The summed E-state index contributed by atoms with van der Waals surface area (Å²) in [6.07, 6.45) is 9.68. The fraction of sp³-hybridized carbons (Fsp3) is 0.667. The van der Waals surface area contributed by atoms with Gasteiger partial charge in [0, 0.05) is 7.11 Å². The van der Waals surface area contributed by atoms with Crippen molar-refractivity contribution in [2.24, 2.45) is 5.92 Å². The molecule has 1 heterocycles. The molecule has 1 fully saturated rings. The number of methoxy groups -OCH3 is 1. The molecule has 1 aliphatic carbocycles. The van der Waals surface area contributed by atoms with Crippen LogP contribution in [0.15, 0.2) is 12.4 Å². The van der Waals surface area contributed by atoms with Gasteiger partial charge in [-0.25, -0.2) is 9.97 Å². The van der Waals surface area contributed by atoms with Crippen LogP contribution in [-0.4, -0.2) is 17.1 Å². The smallest absolute Gasteiger partial charge is 0.157 e. The lowest BCUT2D eigenvalue weighted by molar-refractivity contribution is 0.0289. The van der Waals surface area contributed by atoms with Crippen LogP contribution in [0.5, 0.6) is 0 Å². The molecule has 0 saturated heterocycles. The van der Waals surface area contributed by atoms with Gasteiger partial charge in [0.2, 0.25) is 0 Å². The molecule has 2 rings (SSSR count). The maximum Gasteiger partial charge on any atom is 0.157 e. The van der Waals surface area contributed by atoms with Crippen molar-refractivity contribution >= 4 is 5.69 Å². The SMILES string of the molecule is COC(c1ncc(N)cn1)C1CCCCC1. The van der Waals surface area contributed by atoms with Gasteiger partial charge in [-0.2, -0.15) is 0 Å². The van der Waals surface area contributed by atoms with Crippen molar-refractivity contribution in [3.05, 3.63) is 18.2 Å². The van der Waals surface area contributed by atoms with E-state index in [2.05, 4.69) is 9.97 Å². The summed E-state index contributed by atoms with van der Waals surface area (Å²) in [7, 11) is 1.74. The van der Waals surface area contributed by atoms with E-state index < -0.39 is 0 Å². The lowest BCUT2D eigenvalue weighted by Gasteiger charge is -2.28. The van der Waals surface area contributed by atoms with E-state index in [1.54, 1.807) is 19.5 Å². The van der Waals surface area contributed by atoms with Gasteiger partial charge in [0.1, 0.15) is 6.10 Å². The standard InChI is InChI=1S/C12H19N3O/c1-16-11(9-5-3-2-4-6-9)12-14-7-10(13)8-15-12/h7-9,11H,2-6,13H2,1H3. The van der Waals surface area contributed by atoms with Gasteiger partial charge in [0.25, 0.3) is 0 Å². The molecule has 1 aromatic rings. The Morgan fingerprint density at radius 2 is 1.88 bits per heavy atom. The average Bonchev–Trinajstić information content (AvgIpc) is 2.34. The summed E-state index contributed by atoms with van der Waals surface area (Å²) < 4.78 is 5.55. The predicted molar refractivity (Wildman–Crippen MR) is 62.8 cm³/mol. The highest BCUT2D eigenvalue weighted by molar-refractivity contribution is 5.30. The van der Waals surface area contributed by atoms with E-state index in [0.717, 1.165) is 5.82 Å². The molecule has 0 spiro atoms. The molecule has 0 aliphatic heterocycles.